The highest BCUT2D eigenvalue weighted by molar-refractivity contribution is 6.20. The molecule has 7 aromatic rings. The van der Waals surface area contributed by atoms with E-state index < -0.39 is 0 Å². The predicted octanol–water partition coefficient (Wildman–Crippen LogP) is 10.1. The molecule has 5 nitrogen and oxygen atoms in total. The van der Waals surface area contributed by atoms with Crippen LogP contribution in [0.2, 0.25) is 0 Å². The van der Waals surface area contributed by atoms with E-state index in [0.29, 0.717) is 11.5 Å². The first-order chi connectivity index (χ1) is 23.7. The third-order valence-corrected chi connectivity index (χ3v) is 8.85. The number of nitrogens with zero attached hydrogens (tertiary/aromatic N) is 3. The van der Waals surface area contributed by atoms with Crippen molar-refractivity contribution in [1.82, 2.24) is 5.32 Å². The average molecular weight is 620 g/mol. The molecule has 48 heavy (non-hydrogen) atoms. The van der Waals surface area contributed by atoms with Crippen molar-refractivity contribution in [3.63, 3.8) is 0 Å². The zero-order chi connectivity index (χ0) is 32.5. The Morgan fingerprint density at radius 2 is 1.15 bits per heavy atom. The van der Waals surface area contributed by atoms with Crippen LogP contribution in [0.5, 0.6) is 0 Å². The van der Waals surface area contributed by atoms with E-state index in [2.05, 4.69) is 120 Å². The maximum absolute atomic E-state index is 6.68. The van der Waals surface area contributed by atoms with Gasteiger partial charge in [-0.25, -0.2) is 9.98 Å². The van der Waals surface area contributed by atoms with Gasteiger partial charge in [0.05, 0.1) is 11.4 Å². The van der Waals surface area contributed by atoms with Crippen molar-refractivity contribution in [2.45, 2.75) is 13.1 Å². The van der Waals surface area contributed by atoms with Gasteiger partial charge < -0.3 is 11.1 Å². The second-order valence-electron chi connectivity index (χ2n) is 11.9. The molecule has 0 aromatic heterocycles. The summed E-state index contributed by atoms with van der Waals surface area (Å²) in [7, 11) is 0. The number of aliphatic imine (C=N–C) groups is 3. The van der Waals surface area contributed by atoms with Gasteiger partial charge in [0.2, 0.25) is 0 Å². The van der Waals surface area contributed by atoms with Gasteiger partial charge in [-0.1, -0.05) is 133 Å². The van der Waals surface area contributed by atoms with Crippen LogP contribution in [0, 0.1) is 0 Å². The van der Waals surface area contributed by atoms with E-state index in [-0.39, 0.29) is 6.17 Å². The van der Waals surface area contributed by atoms with Crippen molar-refractivity contribution >= 4 is 50.8 Å². The molecule has 0 saturated heterocycles. The van der Waals surface area contributed by atoms with Crippen molar-refractivity contribution in [3.05, 3.63) is 168 Å². The van der Waals surface area contributed by atoms with Crippen LogP contribution >= 0.6 is 0 Å². The van der Waals surface area contributed by atoms with Crippen LogP contribution in [0.15, 0.2) is 167 Å². The smallest absolute Gasteiger partial charge is 0.159 e. The molecular weight excluding hydrogens is 587 g/mol. The van der Waals surface area contributed by atoms with Gasteiger partial charge in [-0.2, -0.15) is 0 Å². The number of nitrogens with two attached hydrogens (primary N) is 1. The number of rotatable bonds is 6. The van der Waals surface area contributed by atoms with Crippen LogP contribution in [-0.4, -0.2) is 17.9 Å². The Balaban J connectivity index is 1.17. The van der Waals surface area contributed by atoms with E-state index in [4.69, 9.17) is 15.7 Å². The highest BCUT2D eigenvalue weighted by Crippen LogP contribution is 2.41. The van der Waals surface area contributed by atoms with Gasteiger partial charge in [-0.05, 0) is 63.7 Å². The summed E-state index contributed by atoms with van der Waals surface area (Å²) in [5, 5.41) is 7.91. The second-order valence-corrected chi connectivity index (χ2v) is 11.9. The number of nitrogen functional groups attached to an aromatic ring is 1. The molecule has 0 bridgehead atoms. The molecule has 0 spiro atoms. The standard InChI is InChI=1S/C43H33N5/c1-2-45-40-37-22-10-9-21-35(37)38-27-33(23-24-36(38)39(40)44)31-18-11-17-30(25-31)32-19-12-20-34(26-32)43-47-41(28-13-5-3-6-14-28)46-42(48-43)29-15-7-4-8-16-29/h2-27,41H,44H2,1H3,(H,46,47,48)/b45-2-. The van der Waals surface area contributed by atoms with Crippen molar-refractivity contribution in [2.24, 2.45) is 15.0 Å². The van der Waals surface area contributed by atoms with E-state index in [1.807, 2.05) is 49.4 Å². The molecule has 230 valence electrons. The lowest BCUT2D eigenvalue weighted by Crippen LogP contribution is -2.33. The maximum atomic E-state index is 6.68. The van der Waals surface area contributed by atoms with E-state index >= 15 is 0 Å². The average Bonchev–Trinajstić information content (AvgIpc) is 3.17. The van der Waals surface area contributed by atoms with E-state index in [0.717, 1.165) is 72.0 Å². The molecule has 1 heterocycles. The lowest BCUT2D eigenvalue weighted by molar-refractivity contribution is 0.674. The summed E-state index contributed by atoms with van der Waals surface area (Å²) in [6.07, 6.45) is 1.55. The van der Waals surface area contributed by atoms with Crippen LogP contribution in [0.4, 0.5) is 11.4 Å². The minimum absolute atomic E-state index is 0.247. The SMILES string of the molecule is C/C=N\c1c(N)c2ccc(-c3cccc(-c4cccc(C5=NC(c6ccccc6)=NC(c6ccccc6)N5)c4)c3)cc2c2ccccc12. The first kappa shape index (κ1) is 29.1. The summed E-state index contributed by atoms with van der Waals surface area (Å²) in [4.78, 5) is 14.6. The number of benzene rings is 7. The summed E-state index contributed by atoms with van der Waals surface area (Å²) in [6.45, 7) is 1.92. The van der Waals surface area contributed by atoms with Crippen molar-refractivity contribution in [1.29, 1.82) is 0 Å². The van der Waals surface area contributed by atoms with Gasteiger partial charge >= 0.3 is 0 Å². The Morgan fingerprint density at radius 1 is 0.562 bits per heavy atom. The highest BCUT2D eigenvalue weighted by atomic mass is 15.2. The molecule has 0 aliphatic carbocycles. The molecule has 1 atom stereocenters. The van der Waals surface area contributed by atoms with Gasteiger partial charge in [-0.3, -0.25) is 4.99 Å². The Morgan fingerprint density at radius 3 is 1.85 bits per heavy atom. The Bertz CT molecular complexity index is 2390. The minimum atomic E-state index is -0.247. The number of nitrogens with one attached hydrogen (secondary N) is 1. The molecule has 7 aromatic carbocycles. The molecule has 0 amide bonds. The fourth-order valence-electron chi connectivity index (χ4n) is 6.49. The number of hydrogen-bond acceptors (Lipinski definition) is 5. The number of hydrogen-bond donors (Lipinski definition) is 2. The van der Waals surface area contributed by atoms with Crippen LogP contribution in [0.25, 0.3) is 43.8 Å². The molecule has 1 unspecified atom stereocenters. The van der Waals surface area contributed by atoms with Gasteiger partial charge in [0, 0.05) is 28.1 Å². The maximum Gasteiger partial charge on any atom is 0.159 e. The Labute approximate surface area is 279 Å². The Kier molecular flexibility index (Phi) is 7.55. The van der Waals surface area contributed by atoms with Gasteiger partial charge in [-0.15, -0.1) is 0 Å². The molecule has 0 saturated carbocycles. The van der Waals surface area contributed by atoms with Gasteiger partial charge in [0.1, 0.15) is 12.0 Å². The first-order valence-corrected chi connectivity index (χ1v) is 16.1. The van der Waals surface area contributed by atoms with Crippen LogP contribution in [0.1, 0.15) is 29.8 Å². The quantitative estimate of drug-likeness (QED) is 0.110. The first-order valence-electron chi connectivity index (χ1n) is 16.1. The number of anilines is 1. The number of fused-ring (bicyclic) bond motifs is 3. The molecule has 8 rings (SSSR count). The second kappa shape index (κ2) is 12.5. The van der Waals surface area contributed by atoms with E-state index in [9.17, 15) is 0 Å². The lowest BCUT2D eigenvalue weighted by atomic mass is 9.93. The summed E-state index contributed by atoms with van der Waals surface area (Å²) in [6, 6.07) is 52.5. The monoisotopic (exact) mass is 619 g/mol. The zero-order valence-electron chi connectivity index (χ0n) is 26.5. The normalized spacial score (nSPS) is 14.6. The highest BCUT2D eigenvalue weighted by Gasteiger charge is 2.21. The van der Waals surface area contributed by atoms with Crippen molar-refractivity contribution in [2.75, 3.05) is 5.73 Å². The number of amidine groups is 2. The third kappa shape index (κ3) is 5.41. The van der Waals surface area contributed by atoms with Crippen LogP contribution < -0.4 is 11.1 Å². The fraction of sp³-hybridized carbons (Fsp3) is 0.0465. The molecule has 5 heteroatoms. The molecule has 1 aliphatic rings. The summed E-state index contributed by atoms with van der Waals surface area (Å²) in [5.41, 5.74) is 15.8. The van der Waals surface area contributed by atoms with Gasteiger partial charge in [0.15, 0.2) is 5.84 Å². The van der Waals surface area contributed by atoms with Gasteiger partial charge in [0.25, 0.3) is 0 Å². The van der Waals surface area contributed by atoms with Crippen molar-refractivity contribution in [3.8, 4) is 22.3 Å². The molecular formula is C43H33N5. The molecule has 1 aliphatic heterocycles. The third-order valence-electron chi connectivity index (χ3n) is 8.85. The fourth-order valence-corrected chi connectivity index (χ4v) is 6.49. The summed E-state index contributed by atoms with van der Waals surface area (Å²) in [5.74, 6) is 1.50. The molecule has 3 N–H and O–H groups in total. The topological polar surface area (TPSA) is 75.1 Å². The lowest BCUT2D eigenvalue weighted by Gasteiger charge is -2.24. The summed E-state index contributed by atoms with van der Waals surface area (Å²) < 4.78 is 0. The zero-order valence-corrected chi connectivity index (χ0v) is 26.5. The summed E-state index contributed by atoms with van der Waals surface area (Å²) >= 11 is 0. The molecule has 0 radical (unpaired) electrons. The molecule has 0 fully saturated rings. The van der Waals surface area contributed by atoms with E-state index in [1.165, 1.54) is 0 Å². The van der Waals surface area contributed by atoms with Crippen LogP contribution in [-0.2, 0) is 0 Å². The Hall–Kier alpha value is -6.33. The van der Waals surface area contributed by atoms with E-state index in [1.54, 1.807) is 6.21 Å². The van der Waals surface area contributed by atoms with Crippen molar-refractivity contribution < 1.29 is 0 Å². The largest absolute Gasteiger partial charge is 0.396 e. The predicted molar refractivity (Wildman–Crippen MR) is 202 cm³/mol. The minimum Gasteiger partial charge on any atom is -0.396 e. The van der Waals surface area contributed by atoms with Crippen LogP contribution in [0.3, 0.4) is 0 Å².